The molecule has 4 heteroatoms. The van der Waals surface area contributed by atoms with Crippen molar-refractivity contribution in [2.75, 3.05) is 5.73 Å². The van der Waals surface area contributed by atoms with Gasteiger partial charge in [-0.05, 0) is 24.0 Å². The van der Waals surface area contributed by atoms with Crippen LogP contribution in [0, 0.1) is 11.6 Å². The van der Waals surface area contributed by atoms with Crippen LogP contribution in [0.25, 0.3) is 0 Å². The van der Waals surface area contributed by atoms with Crippen molar-refractivity contribution >= 4 is 5.69 Å². The Morgan fingerprint density at radius 3 is 2.35 bits per heavy atom. The molecule has 2 nitrogen and oxygen atoms in total. The molecular weight excluding hydrogens is 260 g/mol. The minimum absolute atomic E-state index is 0.0301. The third kappa shape index (κ3) is 2.90. The normalized spacial score (nSPS) is 12.2. The zero-order valence-electron chi connectivity index (χ0n) is 11.5. The van der Waals surface area contributed by atoms with Crippen molar-refractivity contribution < 1.29 is 13.5 Å². The number of benzene rings is 2. The van der Waals surface area contributed by atoms with Gasteiger partial charge in [0, 0.05) is 17.8 Å². The van der Waals surface area contributed by atoms with E-state index in [4.69, 9.17) is 10.5 Å². The van der Waals surface area contributed by atoms with Crippen LogP contribution in [0.4, 0.5) is 14.5 Å². The Balaban J connectivity index is 2.41. The fourth-order valence-electron chi connectivity index (χ4n) is 1.99. The molecule has 1 unspecified atom stereocenters. The van der Waals surface area contributed by atoms with E-state index in [0.717, 1.165) is 24.1 Å². The molecule has 106 valence electrons. The van der Waals surface area contributed by atoms with E-state index in [2.05, 4.69) is 0 Å². The van der Waals surface area contributed by atoms with Crippen molar-refractivity contribution in [2.45, 2.75) is 26.2 Å². The molecule has 2 rings (SSSR count). The highest BCUT2D eigenvalue weighted by atomic mass is 19.1. The van der Waals surface area contributed by atoms with Crippen LogP contribution in [0.2, 0.25) is 0 Å². The lowest BCUT2D eigenvalue weighted by Crippen LogP contribution is -2.00. The summed E-state index contributed by atoms with van der Waals surface area (Å²) in [6.07, 6.45) is 0.910. The maximum absolute atomic E-state index is 13.8. The number of nitrogens with two attached hydrogens (primary N) is 1. The van der Waals surface area contributed by atoms with Crippen molar-refractivity contribution in [2.24, 2.45) is 0 Å². The Bertz CT molecular complexity index is 590. The van der Waals surface area contributed by atoms with E-state index < -0.39 is 17.4 Å². The van der Waals surface area contributed by atoms with E-state index in [9.17, 15) is 8.78 Å². The first kappa shape index (κ1) is 14.3. The van der Waals surface area contributed by atoms with Gasteiger partial charge in [0.2, 0.25) is 0 Å². The van der Waals surface area contributed by atoms with E-state index >= 15 is 0 Å². The number of para-hydroxylation sites is 1. The van der Waals surface area contributed by atoms with Gasteiger partial charge in [0.25, 0.3) is 0 Å². The van der Waals surface area contributed by atoms with E-state index in [1.807, 2.05) is 26.0 Å². The second-order valence-corrected chi connectivity index (χ2v) is 4.76. The van der Waals surface area contributed by atoms with Gasteiger partial charge in [0.1, 0.15) is 5.75 Å². The third-order valence-corrected chi connectivity index (χ3v) is 3.29. The van der Waals surface area contributed by atoms with Crippen LogP contribution in [-0.2, 0) is 0 Å². The van der Waals surface area contributed by atoms with Gasteiger partial charge in [-0.25, -0.2) is 8.78 Å². The molecule has 2 N–H and O–H groups in total. The largest absolute Gasteiger partial charge is 0.451 e. The zero-order valence-corrected chi connectivity index (χ0v) is 11.5. The van der Waals surface area contributed by atoms with Crippen molar-refractivity contribution in [1.82, 2.24) is 0 Å². The van der Waals surface area contributed by atoms with Crippen LogP contribution in [0.1, 0.15) is 31.7 Å². The molecule has 0 amide bonds. The number of hydrogen-bond acceptors (Lipinski definition) is 2. The van der Waals surface area contributed by atoms with E-state index in [-0.39, 0.29) is 11.6 Å². The maximum atomic E-state index is 13.8. The Kier molecular flexibility index (Phi) is 4.23. The van der Waals surface area contributed by atoms with Gasteiger partial charge in [-0.2, -0.15) is 0 Å². The van der Waals surface area contributed by atoms with E-state index in [1.54, 1.807) is 12.1 Å². The summed E-state index contributed by atoms with van der Waals surface area (Å²) in [6.45, 7) is 4.09. The summed E-state index contributed by atoms with van der Waals surface area (Å²) in [6, 6.07) is 9.35. The standard InChI is InChI=1S/C16H17F2NO/c1-3-10(2)12-6-4-5-7-15(12)20-16-13(17)8-11(19)9-14(16)18/h4-10H,3,19H2,1-2H3. The fraction of sp³-hybridized carbons (Fsp3) is 0.250. The number of ether oxygens (including phenoxy) is 1. The molecule has 0 saturated carbocycles. The molecule has 0 heterocycles. The topological polar surface area (TPSA) is 35.2 Å². The van der Waals surface area contributed by atoms with Crippen LogP contribution < -0.4 is 10.5 Å². The van der Waals surface area contributed by atoms with Gasteiger partial charge >= 0.3 is 0 Å². The summed E-state index contributed by atoms with van der Waals surface area (Å²) in [7, 11) is 0. The molecule has 0 spiro atoms. The maximum Gasteiger partial charge on any atom is 0.198 e. The van der Waals surface area contributed by atoms with Crippen molar-refractivity contribution in [1.29, 1.82) is 0 Å². The second-order valence-electron chi connectivity index (χ2n) is 4.76. The quantitative estimate of drug-likeness (QED) is 0.810. The van der Waals surface area contributed by atoms with Gasteiger partial charge in [0.05, 0.1) is 0 Å². The number of anilines is 1. The molecule has 2 aromatic carbocycles. The molecular formula is C16H17F2NO. The van der Waals surface area contributed by atoms with Crippen LogP contribution in [0.5, 0.6) is 11.5 Å². The number of nitrogen functional groups attached to an aromatic ring is 1. The molecule has 1 atom stereocenters. The van der Waals surface area contributed by atoms with Crippen LogP contribution in [0.3, 0.4) is 0 Å². The van der Waals surface area contributed by atoms with Gasteiger partial charge in [-0.3, -0.25) is 0 Å². The number of halogens is 2. The zero-order chi connectivity index (χ0) is 14.7. The second kappa shape index (κ2) is 5.90. The fourth-order valence-corrected chi connectivity index (χ4v) is 1.99. The monoisotopic (exact) mass is 277 g/mol. The third-order valence-electron chi connectivity index (χ3n) is 3.29. The average molecular weight is 277 g/mol. The summed E-state index contributed by atoms with van der Waals surface area (Å²) >= 11 is 0. The lowest BCUT2D eigenvalue weighted by atomic mass is 9.98. The molecule has 2 aromatic rings. The lowest BCUT2D eigenvalue weighted by molar-refractivity contribution is 0.402. The Morgan fingerprint density at radius 2 is 1.75 bits per heavy atom. The van der Waals surface area contributed by atoms with E-state index in [0.29, 0.717) is 5.75 Å². The number of hydrogen-bond donors (Lipinski definition) is 1. The summed E-state index contributed by atoms with van der Waals surface area (Å²) in [5.41, 5.74) is 6.34. The van der Waals surface area contributed by atoms with Gasteiger partial charge in [0.15, 0.2) is 17.4 Å². The SMILES string of the molecule is CCC(C)c1ccccc1Oc1c(F)cc(N)cc1F. The van der Waals surface area contributed by atoms with Crippen LogP contribution >= 0.6 is 0 Å². The highest BCUT2D eigenvalue weighted by molar-refractivity contribution is 5.47. The predicted molar refractivity (Wildman–Crippen MR) is 76.0 cm³/mol. The minimum Gasteiger partial charge on any atom is -0.451 e. The molecule has 0 bridgehead atoms. The highest BCUT2D eigenvalue weighted by Crippen LogP contribution is 2.34. The van der Waals surface area contributed by atoms with Gasteiger partial charge < -0.3 is 10.5 Å². The summed E-state index contributed by atoms with van der Waals surface area (Å²) in [5, 5.41) is 0. The first-order chi connectivity index (χ1) is 9.52. The first-order valence-corrected chi connectivity index (χ1v) is 6.54. The first-order valence-electron chi connectivity index (χ1n) is 6.54. The van der Waals surface area contributed by atoms with Gasteiger partial charge in [-0.15, -0.1) is 0 Å². The predicted octanol–water partition coefficient (Wildman–Crippen LogP) is 4.85. The molecule has 0 radical (unpaired) electrons. The van der Waals surface area contributed by atoms with Crippen molar-refractivity contribution in [3.63, 3.8) is 0 Å². The van der Waals surface area contributed by atoms with Crippen LogP contribution in [-0.4, -0.2) is 0 Å². The molecule has 20 heavy (non-hydrogen) atoms. The van der Waals surface area contributed by atoms with Crippen molar-refractivity contribution in [3.05, 3.63) is 53.6 Å². The summed E-state index contributed by atoms with van der Waals surface area (Å²) in [4.78, 5) is 0. The minimum atomic E-state index is -0.804. The van der Waals surface area contributed by atoms with Gasteiger partial charge in [-0.1, -0.05) is 32.0 Å². The molecule has 0 fully saturated rings. The lowest BCUT2D eigenvalue weighted by Gasteiger charge is -2.16. The Labute approximate surface area is 117 Å². The average Bonchev–Trinajstić information content (AvgIpc) is 2.42. The molecule has 0 aromatic heterocycles. The molecule has 0 aliphatic carbocycles. The van der Waals surface area contributed by atoms with Crippen LogP contribution in [0.15, 0.2) is 36.4 Å². The summed E-state index contributed by atoms with van der Waals surface area (Å²) in [5.74, 6) is -1.33. The highest BCUT2D eigenvalue weighted by Gasteiger charge is 2.16. The molecule has 0 aliphatic rings. The molecule has 0 aliphatic heterocycles. The Hall–Kier alpha value is -2.10. The van der Waals surface area contributed by atoms with E-state index in [1.165, 1.54) is 0 Å². The Morgan fingerprint density at radius 1 is 1.15 bits per heavy atom. The number of rotatable bonds is 4. The van der Waals surface area contributed by atoms with Crippen molar-refractivity contribution in [3.8, 4) is 11.5 Å². The summed E-state index contributed by atoms with van der Waals surface area (Å²) < 4.78 is 33.0. The molecule has 0 saturated heterocycles. The smallest absolute Gasteiger partial charge is 0.198 e.